The number of hydrogen-bond acceptors (Lipinski definition) is 7. The first-order valence-electron chi connectivity index (χ1n) is 11.1. The van der Waals surface area contributed by atoms with Crippen LogP contribution in [0.25, 0.3) is 11.3 Å². The van der Waals surface area contributed by atoms with E-state index in [-0.39, 0.29) is 31.0 Å². The number of nitrogens with one attached hydrogen (secondary N) is 2. The van der Waals surface area contributed by atoms with E-state index in [4.69, 9.17) is 10.5 Å². The first kappa shape index (κ1) is 24.8. The molecule has 1 aromatic heterocycles. The Hall–Kier alpha value is -3.82. The second-order valence-electron chi connectivity index (χ2n) is 7.64. The molecular formula is C25H29N5O4. The van der Waals surface area contributed by atoms with E-state index >= 15 is 0 Å². The van der Waals surface area contributed by atoms with Gasteiger partial charge in [0.2, 0.25) is 0 Å². The summed E-state index contributed by atoms with van der Waals surface area (Å²) in [5, 5.41) is 10.3. The number of amides is 1. The molecule has 9 heteroatoms. The van der Waals surface area contributed by atoms with Crippen LogP contribution in [0.1, 0.15) is 24.5 Å². The number of hydrogen-bond donors (Lipinski definition) is 3. The van der Waals surface area contributed by atoms with E-state index in [0.29, 0.717) is 30.9 Å². The maximum Gasteiger partial charge on any atom is 0.411 e. The fraction of sp³-hybridized carbons (Fsp3) is 0.280. The summed E-state index contributed by atoms with van der Waals surface area (Å²) in [5.74, 6) is 0.0777. The number of anilines is 1. The van der Waals surface area contributed by atoms with Crippen LogP contribution in [0.5, 0.6) is 0 Å². The number of ether oxygens (including phenoxy) is 1. The van der Waals surface area contributed by atoms with Crippen molar-refractivity contribution >= 4 is 17.6 Å². The Kier molecular flexibility index (Phi) is 9.07. The van der Waals surface area contributed by atoms with Gasteiger partial charge in [-0.05, 0) is 48.9 Å². The zero-order chi connectivity index (χ0) is 24.3. The molecule has 0 radical (unpaired) electrons. The highest BCUT2D eigenvalue weighted by Gasteiger charge is 2.08. The lowest BCUT2D eigenvalue weighted by atomic mass is 10.1. The van der Waals surface area contributed by atoms with Crippen molar-refractivity contribution in [3.8, 4) is 11.3 Å². The minimum Gasteiger partial charge on any atom is -0.450 e. The van der Waals surface area contributed by atoms with Crippen LogP contribution in [0.15, 0.2) is 65.5 Å². The fourth-order valence-electron chi connectivity index (χ4n) is 3.36. The van der Waals surface area contributed by atoms with Crippen molar-refractivity contribution in [2.75, 3.05) is 25.0 Å². The van der Waals surface area contributed by atoms with Gasteiger partial charge in [0.15, 0.2) is 0 Å². The minimum absolute atomic E-state index is 0.0777. The Morgan fingerprint density at radius 2 is 1.85 bits per heavy atom. The lowest BCUT2D eigenvalue weighted by Gasteiger charge is -2.10. The molecule has 0 fully saturated rings. The van der Waals surface area contributed by atoms with E-state index in [1.54, 1.807) is 31.2 Å². The standard InChI is InChI=1S/C25H29N5O4/c1-2-34-25(33)28-21-8-4-6-19(14-21)17-30-24(32)10-9-23(29-30)20-7-3-5-18(13-20)15-27-16-22(31)11-12-26/h3-10,13-14,27H,2,11-12,15-17,26H2,1H3,(H,28,33). The van der Waals surface area contributed by atoms with Gasteiger partial charge in [0, 0.05) is 30.3 Å². The molecule has 3 rings (SSSR count). The molecule has 0 atom stereocenters. The molecule has 0 spiro atoms. The van der Waals surface area contributed by atoms with Gasteiger partial charge >= 0.3 is 6.09 Å². The van der Waals surface area contributed by atoms with E-state index in [2.05, 4.69) is 15.7 Å². The van der Waals surface area contributed by atoms with Gasteiger partial charge < -0.3 is 15.8 Å². The molecule has 0 aliphatic heterocycles. The van der Waals surface area contributed by atoms with Crippen LogP contribution in [-0.4, -0.2) is 41.4 Å². The number of Topliss-reactive ketones (excluding diaryl/α,β-unsaturated/α-hetero) is 1. The van der Waals surface area contributed by atoms with Gasteiger partial charge in [-0.3, -0.25) is 14.9 Å². The third kappa shape index (κ3) is 7.36. The third-order valence-electron chi connectivity index (χ3n) is 4.94. The quantitative estimate of drug-likeness (QED) is 0.399. The van der Waals surface area contributed by atoms with Gasteiger partial charge in [-0.25, -0.2) is 9.48 Å². The third-order valence-corrected chi connectivity index (χ3v) is 4.94. The fourth-order valence-corrected chi connectivity index (χ4v) is 3.36. The predicted molar refractivity (Wildman–Crippen MR) is 131 cm³/mol. The van der Waals surface area contributed by atoms with Crippen LogP contribution in [0.3, 0.4) is 0 Å². The number of carbonyl (C=O) groups is 2. The predicted octanol–water partition coefficient (Wildman–Crippen LogP) is 2.53. The highest BCUT2D eigenvalue weighted by atomic mass is 16.5. The molecule has 1 amide bonds. The molecule has 0 aliphatic carbocycles. The van der Waals surface area contributed by atoms with Gasteiger partial charge in [-0.2, -0.15) is 5.10 Å². The molecular weight excluding hydrogens is 434 g/mol. The van der Waals surface area contributed by atoms with Crippen molar-refractivity contribution in [1.82, 2.24) is 15.1 Å². The molecule has 1 heterocycles. The molecule has 0 bridgehead atoms. The average molecular weight is 464 g/mol. The number of aromatic nitrogens is 2. The van der Waals surface area contributed by atoms with E-state index in [9.17, 15) is 14.4 Å². The van der Waals surface area contributed by atoms with E-state index in [0.717, 1.165) is 16.7 Å². The number of carbonyl (C=O) groups excluding carboxylic acids is 2. The molecule has 9 nitrogen and oxygen atoms in total. The highest BCUT2D eigenvalue weighted by molar-refractivity contribution is 5.84. The number of rotatable bonds is 11. The van der Waals surface area contributed by atoms with Crippen LogP contribution in [0, 0.1) is 0 Å². The van der Waals surface area contributed by atoms with Crippen molar-refractivity contribution in [3.63, 3.8) is 0 Å². The normalized spacial score (nSPS) is 10.6. The Morgan fingerprint density at radius 3 is 2.65 bits per heavy atom. The monoisotopic (exact) mass is 463 g/mol. The summed E-state index contributed by atoms with van der Waals surface area (Å²) in [5.41, 5.74) is 9.06. The van der Waals surface area contributed by atoms with E-state index < -0.39 is 6.09 Å². The maximum atomic E-state index is 12.4. The van der Waals surface area contributed by atoms with E-state index in [1.165, 1.54) is 10.7 Å². The average Bonchev–Trinajstić information content (AvgIpc) is 2.81. The number of nitrogens with two attached hydrogens (primary N) is 1. The van der Waals surface area contributed by atoms with Crippen molar-refractivity contribution in [2.45, 2.75) is 26.4 Å². The van der Waals surface area contributed by atoms with Gasteiger partial charge in [-0.15, -0.1) is 0 Å². The number of nitrogens with zero attached hydrogens (tertiary/aromatic N) is 2. The van der Waals surface area contributed by atoms with Crippen molar-refractivity contribution in [3.05, 3.63) is 82.1 Å². The van der Waals surface area contributed by atoms with E-state index in [1.807, 2.05) is 30.3 Å². The van der Waals surface area contributed by atoms with Crippen LogP contribution >= 0.6 is 0 Å². The van der Waals surface area contributed by atoms with Gasteiger partial charge in [-0.1, -0.05) is 30.3 Å². The summed E-state index contributed by atoms with van der Waals surface area (Å²) in [6, 6.07) is 18.1. The lowest BCUT2D eigenvalue weighted by molar-refractivity contribution is -0.118. The molecule has 0 aliphatic rings. The molecule has 0 saturated heterocycles. The summed E-state index contributed by atoms with van der Waals surface area (Å²) in [4.78, 5) is 35.7. The van der Waals surface area contributed by atoms with Crippen LogP contribution in [0.4, 0.5) is 10.5 Å². The van der Waals surface area contributed by atoms with Crippen molar-refractivity contribution < 1.29 is 14.3 Å². The second-order valence-corrected chi connectivity index (χ2v) is 7.64. The largest absolute Gasteiger partial charge is 0.450 e. The van der Waals surface area contributed by atoms with Crippen molar-refractivity contribution in [2.24, 2.45) is 5.73 Å². The zero-order valence-electron chi connectivity index (χ0n) is 19.1. The number of benzene rings is 2. The Balaban J connectivity index is 1.73. The van der Waals surface area contributed by atoms with Gasteiger partial charge in [0.1, 0.15) is 5.78 Å². The summed E-state index contributed by atoms with van der Waals surface area (Å²) < 4.78 is 6.28. The zero-order valence-corrected chi connectivity index (χ0v) is 19.1. The molecule has 0 unspecified atom stereocenters. The Labute approximate surface area is 197 Å². The number of ketones is 1. The summed E-state index contributed by atoms with van der Waals surface area (Å²) in [7, 11) is 0. The van der Waals surface area contributed by atoms with Gasteiger partial charge in [0.05, 0.1) is 25.4 Å². The topological polar surface area (TPSA) is 128 Å². The highest BCUT2D eigenvalue weighted by Crippen LogP contribution is 2.18. The maximum absolute atomic E-state index is 12.4. The molecule has 34 heavy (non-hydrogen) atoms. The molecule has 178 valence electrons. The SMILES string of the molecule is CCOC(=O)Nc1cccc(Cn2nc(-c3cccc(CNCC(=O)CCN)c3)ccc2=O)c1. The van der Waals surface area contributed by atoms with Crippen LogP contribution in [-0.2, 0) is 22.6 Å². The molecule has 4 N–H and O–H groups in total. The second kappa shape index (κ2) is 12.4. The summed E-state index contributed by atoms with van der Waals surface area (Å²) in [6.45, 7) is 3.41. The lowest BCUT2D eigenvalue weighted by Crippen LogP contribution is -2.24. The molecule has 3 aromatic rings. The van der Waals surface area contributed by atoms with Gasteiger partial charge in [0.25, 0.3) is 5.56 Å². The minimum atomic E-state index is -0.532. The molecule has 2 aromatic carbocycles. The summed E-state index contributed by atoms with van der Waals surface area (Å²) in [6.07, 6.45) is -0.171. The molecule has 0 saturated carbocycles. The Morgan fingerprint density at radius 1 is 1.06 bits per heavy atom. The first-order valence-corrected chi connectivity index (χ1v) is 11.1. The smallest absolute Gasteiger partial charge is 0.411 e. The van der Waals surface area contributed by atoms with Crippen molar-refractivity contribution in [1.29, 1.82) is 0 Å². The first-order chi connectivity index (χ1) is 16.5. The van der Waals surface area contributed by atoms with Crippen LogP contribution < -0.4 is 21.9 Å². The Bertz CT molecular complexity index is 1190. The summed E-state index contributed by atoms with van der Waals surface area (Å²) >= 11 is 0. The van der Waals surface area contributed by atoms with Crippen LogP contribution in [0.2, 0.25) is 0 Å².